The fourth-order valence-corrected chi connectivity index (χ4v) is 2.28. The maximum absolute atomic E-state index is 5.94. The highest BCUT2D eigenvalue weighted by Crippen LogP contribution is 2.32. The second-order valence-electron chi connectivity index (χ2n) is 5.58. The molecule has 2 nitrogen and oxygen atoms in total. The van der Waals surface area contributed by atoms with Crippen LogP contribution in [0.2, 0.25) is 0 Å². The number of rotatable bonds is 3. The Morgan fingerprint density at radius 1 is 1.29 bits per heavy atom. The van der Waals surface area contributed by atoms with Gasteiger partial charge in [0.25, 0.3) is 0 Å². The smallest absolute Gasteiger partial charge is 0.0326 e. The van der Waals surface area contributed by atoms with E-state index in [-0.39, 0.29) is 5.54 Å². The Labute approximate surface area is 88.8 Å². The van der Waals surface area contributed by atoms with Gasteiger partial charge in [-0.2, -0.15) is 0 Å². The minimum Gasteiger partial charge on any atom is -0.329 e. The molecule has 2 N–H and O–H groups in total. The molecule has 0 aromatic heterocycles. The molecule has 3 atom stereocenters. The van der Waals surface area contributed by atoms with Crippen molar-refractivity contribution in [1.29, 1.82) is 0 Å². The zero-order valence-electron chi connectivity index (χ0n) is 10.4. The highest BCUT2D eigenvalue weighted by Gasteiger charge is 2.39. The fraction of sp³-hybridized carbons (Fsp3) is 1.00. The lowest BCUT2D eigenvalue weighted by Crippen LogP contribution is -2.54. The Hall–Kier alpha value is -0.0800. The first-order chi connectivity index (χ1) is 6.41. The summed E-state index contributed by atoms with van der Waals surface area (Å²) in [5.41, 5.74) is 6.13. The van der Waals surface area contributed by atoms with Crippen molar-refractivity contribution in [2.45, 2.75) is 40.2 Å². The van der Waals surface area contributed by atoms with Crippen LogP contribution in [0.4, 0.5) is 0 Å². The van der Waals surface area contributed by atoms with E-state index in [0.29, 0.717) is 5.92 Å². The Balaban J connectivity index is 2.72. The molecule has 1 heterocycles. The van der Waals surface area contributed by atoms with Gasteiger partial charge >= 0.3 is 0 Å². The maximum atomic E-state index is 5.94. The topological polar surface area (TPSA) is 29.3 Å². The number of hydrogen-bond donors (Lipinski definition) is 1. The molecule has 0 saturated carbocycles. The lowest BCUT2D eigenvalue weighted by Gasteiger charge is -2.41. The van der Waals surface area contributed by atoms with Gasteiger partial charge in [0, 0.05) is 25.2 Å². The van der Waals surface area contributed by atoms with Crippen molar-refractivity contribution < 1.29 is 0 Å². The number of nitrogens with two attached hydrogens (primary N) is 1. The lowest BCUT2D eigenvalue weighted by atomic mass is 9.87. The predicted molar refractivity (Wildman–Crippen MR) is 62.2 cm³/mol. The van der Waals surface area contributed by atoms with Gasteiger partial charge in [0.05, 0.1) is 0 Å². The summed E-state index contributed by atoms with van der Waals surface area (Å²) >= 11 is 0. The van der Waals surface area contributed by atoms with Gasteiger partial charge in [0.1, 0.15) is 0 Å². The molecule has 2 heteroatoms. The monoisotopic (exact) mass is 198 g/mol. The summed E-state index contributed by atoms with van der Waals surface area (Å²) in [6.45, 7) is 14.8. The van der Waals surface area contributed by atoms with Gasteiger partial charge in [-0.05, 0) is 24.7 Å². The summed E-state index contributed by atoms with van der Waals surface area (Å²) in [5.74, 6) is 2.27. The summed E-state index contributed by atoms with van der Waals surface area (Å²) in [5, 5.41) is 0. The van der Waals surface area contributed by atoms with Crippen molar-refractivity contribution >= 4 is 0 Å². The molecule has 0 amide bonds. The highest BCUT2D eigenvalue weighted by atomic mass is 15.2. The lowest BCUT2D eigenvalue weighted by molar-refractivity contribution is 0.0874. The van der Waals surface area contributed by atoms with Crippen LogP contribution in [0.3, 0.4) is 0 Å². The van der Waals surface area contributed by atoms with Crippen LogP contribution in [0, 0.1) is 17.8 Å². The standard InChI is InChI=1S/C12H26N2/c1-9(2)12(5,8-13)14-6-10(3)11(4)7-14/h9-11H,6-8,13H2,1-5H3. The van der Waals surface area contributed by atoms with Crippen LogP contribution in [0.5, 0.6) is 0 Å². The number of nitrogens with zero attached hydrogens (tertiary/aromatic N) is 1. The summed E-state index contributed by atoms with van der Waals surface area (Å²) in [6, 6.07) is 0. The molecule has 0 aliphatic carbocycles. The Morgan fingerprint density at radius 2 is 1.71 bits per heavy atom. The van der Waals surface area contributed by atoms with E-state index >= 15 is 0 Å². The predicted octanol–water partition coefficient (Wildman–Crippen LogP) is 1.95. The van der Waals surface area contributed by atoms with E-state index in [1.807, 2.05) is 0 Å². The molecule has 84 valence electrons. The van der Waals surface area contributed by atoms with E-state index in [0.717, 1.165) is 18.4 Å². The largest absolute Gasteiger partial charge is 0.329 e. The van der Waals surface area contributed by atoms with Crippen LogP contribution in [0.1, 0.15) is 34.6 Å². The van der Waals surface area contributed by atoms with Crippen molar-refractivity contribution in [2.24, 2.45) is 23.5 Å². The normalized spacial score (nSPS) is 33.6. The quantitative estimate of drug-likeness (QED) is 0.751. The molecule has 1 aliphatic rings. The molecule has 3 unspecified atom stereocenters. The van der Waals surface area contributed by atoms with Crippen molar-refractivity contribution in [3.63, 3.8) is 0 Å². The zero-order chi connectivity index (χ0) is 10.9. The molecule has 14 heavy (non-hydrogen) atoms. The van der Waals surface area contributed by atoms with E-state index in [2.05, 4.69) is 39.5 Å². The molecule has 0 aromatic rings. The molecule has 1 saturated heterocycles. The number of hydrogen-bond acceptors (Lipinski definition) is 2. The zero-order valence-corrected chi connectivity index (χ0v) is 10.4. The van der Waals surface area contributed by atoms with E-state index in [4.69, 9.17) is 5.73 Å². The molecular weight excluding hydrogens is 172 g/mol. The van der Waals surface area contributed by atoms with Crippen LogP contribution < -0.4 is 5.73 Å². The van der Waals surface area contributed by atoms with E-state index < -0.39 is 0 Å². The van der Waals surface area contributed by atoms with Gasteiger partial charge in [-0.3, -0.25) is 4.90 Å². The Morgan fingerprint density at radius 3 is 2.00 bits per heavy atom. The molecular formula is C12H26N2. The molecule has 1 rings (SSSR count). The minimum absolute atomic E-state index is 0.193. The third kappa shape index (κ3) is 1.96. The van der Waals surface area contributed by atoms with Crippen molar-refractivity contribution in [3.8, 4) is 0 Å². The summed E-state index contributed by atoms with van der Waals surface area (Å²) in [6.07, 6.45) is 0. The Kier molecular flexibility index (Phi) is 3.59. The first-order valence-electron chi connectivity index (χ1n) is 5.87. The van der Waals surface area contributed by atoms with Crippen molar-refractivity contribution in [3.05, 3.63) is 0 Å². The molecule has 1 fully saturated rings. The minimum atomic E-state index is 0.193. The first-order valence-corrected chi connectivity index (χ1v) is 5.87. The number of likely N-dealkylation sites (tertiary alicyclic amines) is 1. The average Bonchev–Trinajstić information content (AvgIpc) is 2.45. The van der Waals surface area contributed by atoms with Crippen molar-refractivity contribution in [1.82, 2.24) is 4.90 Å². The van der Waals surface area contributed by atoms with Crippen LogP contribution in [0.15, 0.2) is 0 Å². The summed E-state index contributed by atoms with van der Waals surface area (Å²) in [4.78, 5) is 2.59. The van der Waals surface area contributed by atoms with Crippen LogP contribution >= 0.6 is 0 Å². The molecule has 0 spiro atoms. The average molecular weight is 198 g/mol. The highest BCUT2D eigenvalue weighted by molar-refractivity contribution is 4.95. The SMILES string of the molecule is CC1CN(C(C)(CN)C(C)C)CC1C. The van der Waals surface area contributed by atoms with Gasteiger partial charge in [-0.25, -0.2) is 0 Å². The third-order valence-electron chi connectivity index (χ3n) is 4.37. The van der Waals surface area contributed by atoms with Gasteiger partial charge < -0.3 is 5.73 Å². The van der Waals surface area contributed by atoms with E-state index in [9.17, 15) is 0 Å². The van der Waals surface area contributed by atoms with Gasteiger partial charge in [-0.1, -0.05) is 27.7 Å². The van der Waals surface area contributed by atoms with Crippen LogP contribution in [-0.2, 0) is 0 Å². The summed E-state index contributed by atoms with van der Waals surface area (Å²) in [7, 11) is 0. The van der Waals surface area contributed by atoms with Crippen LogP contribution in [-0.4, -0.2) is 30.1 Å². The van der Waals surface area contributed by atoms with E-state index in [1.165, 1.54) is 13.1 Å². The molecule has 0 aromatic carbocycles. The van der Waals surface area contributed by atoms with Crippen molar-refractivity contribution in [2.75, 3.05) is 19.6 Å². The molecule has 0 radical (unpaired) electrons. The molecule has 1 aliphatic heterocycles. The van der Waals surface area contributed by atoms with E-state index in [1.54, 1.807) is 0 Å². The van der Waals surface area contributed by atoms with Gasteiger partial charge in [0.15, 0.2) is 0 Å². The maximum Gasteiger partial charge on any atom is 0.0326 e. The molecule has 0 bridgehead atoms. The van der Waals surface area contributed by atoms with Gasteiger partial charge in [-0.15, -0.1) is 0 Å². The Bertz CT molecular complexity index is 181. The van der Waals surface area contributed by atoms with Crippen LogP contribution in [0.25, 0.3) is 0 Å². The van der Waals surface area contributed by atoms with Gasteiger partial charge in [0.2, 0.25) is 0 Å². The second-order valence-corrected chi connectivity index (χ2v) is 5.58. The second kappa shape index (κ2) is 4.19. The summed E-state index contributed by atoms with van der Waals surface area (Å²) < 4.78 is 0. The third-order valence-corrected chi connectivity index (χ3v) is 4.37. The first kappa shape index (κ1) is 12.0. The fourth-order valence-electron chi connectivity index (χ4n) is 2.28.